The number of hydrogen-bond acceptors (Lipinski definition) is 8. The Morgan fingerprint density at radius 3 is 2.29 bits per heavy atom. The van der Waals surface area contributed by atoms with Crippen LogP contribution in [-0.2, 0) is 20.7 Å². The molecule has 0 radical (unpaired) electrons. The number of benzene rings is 2. The fourth-order valence-electron chi connectivity index (χ4n) is 3.03. The van der Waals surface area contributed by atoms with E-state index < -0.39 is 11.9 Å². The van der Waals surface area contributed by atoms with Crippen LogP contribution < -0.4 is 24.3 Å². The molecule has 0 aliphatic heterocycles. The van der Waals surface area contributed by atoms with Crippen LogP contribution in [0.5, 0.6) is 23.0 Å². The second kappa shape index (κ2) is 14.0. The van der Waals surface area contributed by atoms with Gasteiger partial charge in [0.2, 0.25) is 0 Å². The lowest BCUT2D eigenvalue weighted by atomic mass is 10.1. The number of amides is 1. The SMILES string of the molecule is COCCNC(=O)/C(C#N)=C/c1ccc(OC(=O)CCc2cc(OC)c(OC)cc2Br)c(OC)c1. The Bertz CT molecular complexity index is 1130. The number of rotatable bonds is 12. The van der Waals surface area contributed by atoms with Gasteiger partial charge in [-0.05, 0) is 47.9 Å². The molecule has 9 nitrogen and oxygen atoms in total. The molecule has 0 aliphatic rings. The van der Waals surface area contributed by atoms with E-state index in [0.29, 0.717) is 30.1 Å². The highest BCUT2D eigenvalue weighted by molar-refractivity contribution is 9.10. The maximum absolute atomic E-state index is 12.5. The average Bonchev–Trinajstić information content (AvgIpc) is 2.86. The molecule has 186 valence electrons. The van der Waals surface area contributed by atoms with Gasteiger partial charge in [0.25, 0.3) is 5.91 Å². The zero-order valence-electron chi connectivity index (χ0n) is 20.0. The summed E-state index contributed by atoms with van der Waals surface area (Å²) in [7, 11) is 6.05. The van der Waals surface area contributed by atoms with Gasteiger partial charge in [0.15, 0.2) is 23.0 Å². The van der Waals surface area contributed by atoms with Gasteiger partial charge < -0.3 is 29.0 Å². The predicted octanol–water partition coefficient (Wildman–Crippen LogP) is 3.68. The molecule has 0 atom stereocenters. The molecular weight excluding hydrogens is 520 g/mol. The molecule has 0 saturated carbocycles. The maximum atomic E-state index is 12.5. The summed E-state index contributed by atoms with van der Waals surface area (Å²) in [6, 6.07) is 10.2. The highest BCUT2D eigenvalue weighted by Crippen LogP contribution is 2.34. The van der Waals surface area contributed by atoms with Gasteiger partial charge >= 0.3 is 5.97 Å². The van der Waals surface area contributed by atoms with Crippen LogP contribution >= 0.6 is 15.9 Å². The molecule has 0 spiro atoms. The van der Waals surface area contributed by atoms with Gasteiger partial charge in [0.05, 0.1) is 34.4 Å². The van der Waals surface area contributed by atoms with E-state index >= 15 is 0 Å². The van der Waals surface area contributed by atoms with Crippen molar-refractivity contribution in [1.29, 1.82) is 5.26 Å². The zero-order valence-corrected chi connectivity index (χ0v) is 21.6. The van der Waals surface area contributed by atoms with E-state index in [9.17, 15) is 14.9 Å². The number of esters is 1. The Hall–Kier alpha value is -3.55. The third-order valence-electron chi connectivity index (χ3n) is 4.83. The highest BCUT2D eigenvalue weighted by Gasteiger charge is 2.15. The van der Waals surface area contributed by atoms with Gasteiger partial charge in [-0.15, -0.1) is 0 Å². The molecule has 0 heterocycles. The minimum absolute atomic E-state index is 0.0756. The number of nitrogens with zero attached hydrogens (tertiary/aromatic N) is 1. The number of aryl methyl sites for hydroxylation is 1. The molecule has 35 heavy (non-hydrogen) atoms. The number of methoxy groups -OCH3 is 4. The number of hydrogen-bond donors (Lipinski definition) is 1. The second-order valence-corrected chi connectivity index (χ2v) is 7.96. The smallest absolute Gasteiger partial charge is 0.311 e. The molecule has 0 fully saturated rings. The summed E-state index contributed by atoms with van der Waals surface area (Å²) in [5.74, 6) is 0.689. The van der Waals surface area contributed by atoms with Crippen molar-refractivity contribution < 1.29 is 33.3 Å². The minimum Gasteiger partial charge on any atom is -0.493 e. The Morgan fingerprint density at radius 1 is 1.00 bits per heavy atom. The second-order valence-electron chi connectivity index (χ2n) is 7.10. The standard InChI is InChI=1S/C25H27BrN2O7/c1-31-10-9-28-25(30)18(15-27)11-16-5-7-20(21(12-16)32-2)35-24(29)8-6-17-13-22(33-3)23(34-4)14-19(17)26/h5,7,11-14H,6,8-10H2,1-4H3,(H,28,30)/b18-11+. The molecule has 10 heteroatoms. The fraction of sp³-hybridized carbons (Fsp3) is 0.320. The van der Waals surface area contributed by atoms with Crippen molar-refractivity contribution in [2.45, 2.75) is 12.8 Å². The normalized spacial score (nSPS) is 10.8. The third kappa shape index (κ3) is 8.02. The molecule has 2 aromatic carbocycles. The van der Waals surface area contributed by atoms with E-state index in [-0.39, 0.29) is 30.0 Å². The summed E-state index contributed by atoms with van der Waals surface area (Å²) in [5, 5.41) is 11.9. The molecule has 1 N–H and O–H groups in total. The van der Waals surface area contributed by atoms with Gasteiger partial charge in [-0.25, -0.2) is 0 Å². The molecule has 0 unspecified atom stereocenters. The van der Waals surface area contributed by atoms with Crippen molar-refractivity contribution in [1.82, 2.24) is 5.32 Å². The van der Waals surface area contributed by atoms with Crippen molar-refractivity contribution in [2.75, 3.05) is 41.6 Å². The van der Waals surface area contributed by atoms with E-state index in [2.05, 4.69) is 21.2 Å². The van der Waals surface area contributed by atoms with Crippen molar-refractivity contribution >= 4 is 33.9 Å². The number of carbonyl (C=O) groups excluding carboxylic acids is 2. The fourth-order valence-corrected chi connectivity index (χ4v) is 3.55. The van der Waals surface area contributed by atoms with Gasteiger partial charge in [0, 0.05) is 18.1 Å². The lowest BCUT2D eigenvalue weighted by molar-refractivity contribution is -0.134. The van der Waals surface area contributed by atoms with E-state index in [1.807, 2.05) is 6.07 Å². The van der Waals surface area contributed by atoms with E-state index in [0.717, 1.165) is 10.0 Å². The summed E-state index contributed by atoms with van der Waals surface area (Å²) in [5.41, 5.74) is 1.32. The molecule has 2 rings (SSSR count). The lowest BCUT2D eigenvalue weighted by Crippen LogP contribution is -2.27. The number of carbonyl (C=O) groups is 2. The number of nitrogens with one attached hydrogen (secondary N) is 1. The van der Waals surface area contributed by atoms with Crippen LogP contribution in [0.15, 0.2) is 40.4 Å². The number of ether oxygens (including phenoxy) is 5. The minimum atomic E-state index is -0.514. The molecule has 0 saturated heterocycles. The molecule has 1 amide bonds. The van der Waals surface area contributed by atoms with Gasteiger partial charge in [-0.1, -0.05) is 22.0 Å². The summed E-state index contributed by atoms with van der Waals surface area (Å²) >= 11 is 3.48. The zero-order chi connectivity index (χ0) is 25.8. The number of nitriles is 1. The first-order valence-electron chi connectivity index (χ1n) is 10.5. The van der Waals surface area contributed by atoms with Crippen molar-refractivity contribution in [3.05, 3.63) is 51.5 Å². The lowest BCUT2D eigenvalue weighted by Gasteiger charge is -2.12. The van der Waals surface area contributed by atoms with Gasteiger partial charge in [0.1, 0.15) is 11.6 Å². The van der Waals surface area contributed by atoms with Crippen LogP contribution in [0.3, 0.4) is 0 Å². The molecule has 2 aromatic rings. The van der Waals surface area contributed by atoms with Crippen molar-refractivity contribution in [3.63, 3.8) is 0 Å². The van der Waals surface area contributed by atoms with Gasteiger partial charge in [-0.3, -0.25) is 9.59 Å². The van der Waals surface area contributed by atoms with E-state index in [1.54, 1.807) is 44.6 Å². The molecule has 0 bridgehead atoms. The first-order valence-corrected chi connectivity index (χ1v) is 11.3. The topological polar surface area (TPSA) is 116 Å². The Kier molecular flexibility index (Phi) is 11.1. The van der Waals surface area contributed by atoms with Crippen LogP contribution in [0.2, 0.25) is 0 Å². The van der Waals surface area contributed by atoms with E-state index in [1.165, 1.54) is 20.3 Å². The third-order valence-corrected chi connectivity index (χ3v) is 5.57. The Balaban J connectivity index is 2.09. The van der Waals surface area contributed by atoms with Crippen LogP contribution in [0.1, 0.15) is 17.5 Å². The van der Waals surface area contributed by atoms with Crippen LogP contribution in [-0.4, -0.2) is 53.5 Å². The molecule has 0 aromatic heterocycles. The average molecular weight is 547 g/mol. The first kappa shape index (κ1) is 27.7. The van der Waals surface area contributed by atoms with Crippen LogP contribution in [0.25, 0.3) is 6.08 Å². The van der Waals surface area contributed by atoms with E-state index in [4.69, 9.17) is 23.7 Å². The molecular formula is C25H27BrN2O7. The largest absolute Gasteiger partial charge is 0.493 e. The predicted molar refractivity (Wildman–Crippen MR) is 133 cm³/mol. The van der Waals surface area contributed by atoms with Crippen LogP contribution in [0, 0.1) is 11.3 Å². The quantitative estimate of drug-likeness (QED) is 0.141. The van der Waals surface area contributed by atoms with Crippen LogP contribution in [0.4, 0.5) is 0 Å². The Morgan fingerprint density at radius 2 is 1.66 bits per heavy atom. The highest BCUT2D eigenvalue weighted by atomic mass is 79.9. The van der Waals surface area contributed by atoms with Crippen molar-refractivity contribution in [2.24, 2.45) is 0 Å². The van der Waals surface area contributed by atoms with Crippen molar-refractivity contribution in [3.8, 4) is 29.1 Å². The summed E-state index contributed by atoms with van der Waals surface area (Å²) in [4.78, 5) is 24.6. The summed E-state index contributed by atoms with van der Waals surface area (Å²) < 4.78 is 27.1. The maximum Gasteiger partial charge on any atom is 0.311 e. The monoisotopic (exact) mass is 546 g/mol. The number of halogens is 1. The Labute approximate surface area is 212 Å². The summed E-state index contributed by atoms with van der Waals surface area (Å²) in [6.07, 6.45) is 1.94. The van der Waals surface area contributed by atoms with Gasteiger partial charge in [-0.2, -0.15) is 5.26 Å². The molecule has 0 aliphatic carbocycles. The first-order chi connectivity index (χ1) is 16.9. The summed E-state index contributed by atoms with van der Waals surface area (Å²) in [6.45, 7) is 0.619.